The Morgan fingerprint density at radius 2 is 2.26 bits per heavy atom. The number of carbonyl (C=O) groups is 1. The zero-order valence-corrected chi connectivity index (χ0v) is 11.4. The lowest BCUT2D eigenvalue weighted by Crippen LogP contribution is -2.11. The molecule has 0 aliphatic rings. The number of aryl methyl sites for hydroxylation is 1. The standard InChI is InChI=1S/C13H14ClN3O2/c1-3-19-13(18)10-6-9(15)7-11(14)12(10)17-5-4-8(2)16-17/h4-7H,3,15H2,1-2H3. The number of hydrogen-bond donors (Lipinski definition) is 1. The highest BCUT2D eigenvalue weighted by molar-refractivity contribution is 6.33. The molecule has 0 aliphatic heterocycles. The van der Waals surface area contributed by atoms with Gasteiger partial charge in [-0.05, 0) is 32.0 Å². The van der Waals surface area contributed by atoms with E-state index < -0.39 is 5.97 Å². The topological polar surface area (TPSA) is 70.1 Å². The molecule has 0 amide bonds. The monoisotopic (exact) mass is 279 g/mol. The molecule has 0 unspecified atom stereocenters. The Bertz CT molecular complexity index is 622. The number of hydrogen-bond acceptors (Lipinski definition) is 4. The maximum atomic E-state index is 12.0. The number of aromatic nitrogens is 2. The van der Waals surface area contributed by atoms with Crippen LogP contribution >= 0.6 is 11.6 Å². The highest BCUT2D eigenvalue weighted by atomic mass is 35.5. The van der Waals surface area contributed by atoms with Crippen molar-refractivity contribution in [2.45, 2.75) is 13.8 Å². The molecule has 0 radical (unpaired) electrons. The molecule has 0 fully saturated rings. The number of benzene rings is 1. The molecule has 0 aliphatic carbocycles. The first-order valence-electron chi connectivity index (χ1n) is 5.81. The van der Waals surface area contributed by atoms with Crippen molar-refractivity contribution in [3.05, 3.63) is 40.7 Å². The fourth-order valence-corrected chi connectivity index (χ4v) is 2.07. The van der Waals surface area contributed by atoms with Crippen LogP contribution in [0.15, 0.2) is 24.4 Å². The molecule has 1 aromatic heterocycles. The van der Waals surface area contributed by atoms with Crippen LogP contribution in [0.1, 0.15) is 23.0 Å². The van der Waals surface area contributed by atoms with Crippen molar-refractivity contribution in [1.29, 1.82) is 0 Å². The van der Waals surface area contributed by atoms with Gasteiger partial charge in [0.1, 0.15) is 0 Å². The van der Waals surface area contributed by atoms with E-state index in [-0.39, 0.29) is 6.61 Å². The van der Waals surface area contributed by atoms with Crippen LogP contribution in [0.2, 0.25) is 5.02 Å². The van der Waals surface area contributed by atoms with Gasteiger partial charge in [-0.15, -0.1) is 0 Å². The molecule has 19 heavy (non-hydrogen) atoms. The largest absolute Gasteiger partial charge is 0.462 e. The third-order valence-electron chi connectivity index (χ3n) is 2.53. The fraction of sp³-hybridized carbons (Fsp3) is 0.231. The van der Waals surface area contributed by atoms with E-state index in [1.54, 1.807) is 23.9 Å². The van der Waals surface area contributed by atoms with Crippen LogP contribution in [0.5, 0.6) is 0 Å². The normalized spacial score (nSPS) is 10.5. The van der Waals surface area contributed by atoms with Crippen LogP contribution in [0, 0.1) is 6.92 Å². The van der Waals surface area contributed by atoms with E-state index >= 15 is 0 Å². The van der Waals surface area contributed by atoms with Gasteiger partial charge >= 0.3 is 5.97 Å². The van der Waals surface area contributed by atoms with Gasteiger partial charge in [0.2, 0.25) is 0 Å². The van der Waals surface area contributed by atoms with Crippen LogP contribution in [-0.2, 0) is 4.74 Å². The quantitative estimate of drug-likeness (QED) is 0.692. The van der Waals surface area contributed by atoms with Crippen LogP contribution in [0.4, 0.5) is 5.69 Å². The highest BCUT2D eigenvalue weighted by Crippen LogP contribution is 2.28. The number of nitrogens with two attached hydrogens (primary N) is 1. The van der Waals surface area contributed by atoms with Crippen molar-refractivity contribution in [2.24, 2.45) is 0 Å². The first-order valence-corrected chi connectivity index (χ1v) is 6.19. The zero-order chi connectivity index (χ0) is 14.0. The number of esters is 1. The van der Waals surface area contributed by atoms with Crippen molar-refractivity contribution in [3.63, 3.8) is 0 Å². The zero-order valence-electron chi connectivity index (χ0n) is 10.7. The van der Waals surface area contributed by atoms with E-state index in [4.69, 9.17) is 22.1 Å². The molecule has 0 spiro atoms. The average molecular weight is 280 g/mol. The van der Waals surface area contributed by atoms with Crippen molar-refractivity contribution >= 4 is 23.3 Å². The summed E-state index contributed by atoms with van der Waals surface area (Å²) in [4.78, 5) is 12.0. The van der Waals surface area contributed by atoms with Gasteiger partial charge in [0.25, 0.3) is 0 Å². The summed E-state index contributed by atoms with van der Waals surface area (Å²) in [5, 5.41) is 4.61. The molecule has 2 rings (SSSR count). The summed E-state index contributed by atoms with van der Waals surface area (Å²) in [5.74, 6) is -0.472. The van der Waals surface area contributed by atoms with Crippen LogP contribution in [-0.4, -0.2) is 22.4 Å². The second-order valence-electron chi connectivity index (χ2n) is 4.02. The first kappa shape index (κ1) is 13.4. The second-order valence-corrected chi connectivity index (χ2v) is 4.43. The van der Waals surface area contributed by atoms with Crippen molar-refractivity contribution in [3.8, 4) is 5.69 Å². The number of anilines is 1. The van der Waals surface area contributed by atoms with Crippen molar-refractivity contribution < 1.29 is 9.53 Å². The summed E-state index contributed by atoms with van der Waals surface area (Å²) >= 11 is 6.17. The Labute approximate surface area is 115 Å². The lowest BCUT2D eigenvalue weighted by atomic mass is 10.1. The fourth-order valence-electron chi connectivity index (χ4n) is 1.76. The highest BCUT2D eigenvalue weighted by Gasteiger charge is 2.18. The summed E-state index contributed by atoms with van der Waals surface area (Å²) in [5.41, 5.74) is 7.72. The first-order chi connectivity index (χ1) is 9.02. The summed E-state index contributed by atoms with van der Waals surface area (Å²) in [6.45, 7) is 3.87. The van der Waals surface area contributed by atoms with Crippen molar-refractivity contribution in [1.82, 2.24) is 9.78 Å². The molecule has 2 N–H and O–H groups in total. The molecule has 2 aromatic rings. The molecule has 0 saturated carbocycles. The number of carbonyl (C=O) groups excluding carboxylic acids is 1. The smallest absolute Gasteiger partial charge is 0.340 e. The minimum Gasteiger partial charge on any atom is -0.462 e. The Balaban J connectivity index is 2.61. The molecule has 100 valence electrons. The summed E-state index contributed by atoms with van der Waals surface area (Å²) in [6.07, 6.45) is 1.73. The van der Waals surface area contributed by atoms with E-state index in [0.29, 0.717) is 22.0 Å². The molecule has 0 bridgehead atoms. The van der Waals surface area contributed by atoms with Gasteiger partial charge in [-0.25, -0.2) is 9.48 Å². The number of rotatable bonds is 3. The minimum atomic E-state index is -0.472. The van der Waals surface area contributed by atoms with Gasteiger partial charge in [-0.2, -0.15) is 5.10 Å². The van der Waals surface area contributed by atoms with E-state index in [0.717, 1.165) is 5.69 Å². The number of halogens is 1. The van der Waals surface area contributed by atoms with Crippen LogP contribution in [0.25, 0.3) is 5.69 Å². The summed E-state index contributed by atoms with van der Waals surface area (Å²) in [6, 6.07) is 4.94. The van der Waals surface area contributed by atoms with Crippen molar-refractivity contribution in [2.75, 3.05) is 12.3 Å². The Morgan fingerprint density at radius 3 is 2.84 bits per heavy atom. The maximum Gasteiger partial charge on any atom is 0.340 e. The van der Waals surface area contributed by atoms with Gasteiger partial charge in [0, 0.05) is 11.9 Å². The minimum absolute atomic E-state index is 0.281. The van der Waals surface area contributed by atoms with Gasteiger partial charge in [0.15, 0.2) is 0 Å². The van der Waals surface area contributed by atoms with E-state index in [2.05, 4.69) is 5.10 Å². The summed E-state index contributed by atoms with van der Waals surface area (Å²) in [7, 11) is 0. The van der Waals surface area contributed by atoms with Gasteiger partial charge < -0.3 is 10.5 Å². The summed E-state index contributed by atoms with van der Waals surface area (Å²) < 4.78 is 6.56. The third-order valence-corrected chi connectivity index (χ3v) is 2.82. The number of nitrogen functional groups attached to an aromatic ring is 1. The second kappa shape index (κ2) is 5.32. The Morgan fingerprint density at radius 1 is 1.53 bits per heavy atom. The lowest BCUT2D eigenvalue weighted by Gasteiger charge is -2.12. The number of ether oxygens (including phenoxy) is 1. The predicted molar refractivity (Wildman–Crippen MR) is 73.7 cm³/mol. The molecule has 6 heteroatoms. The maximum absolute atomic E-state index is 12.0. The SMILES string of the molecule is CCOC(=O)c1cc(N)cc(Cl)c1-n1ccc(C)n1. The molecule has 1 heterocycles. The van der Waals surface area contributed by atoms with Crippen LogP contribution < -0.4 is 5.73 Å². The van der Waals surface area contributed by atoms with Crippen LogP contribution in [0.3, 0.4) is 0 Å². The van der Waals surface area contributed by atoms with E-state index in [1.807, 2.05) is 13.0 Å². The molecule has 0 saturated heterocycles. The lowest BCUT2D eigenvalue weighted by molar-refractivity contribution is 0.0526. The molecule has 0 atom stereocenters. The van der Waals surface area contributed by atoms with E-state index in [1.165, 1.54) is 6.07 Å². The predicted octanol–water partition coefficient (Wildman–Crippen LogP) is 2.59. The Kier molecular flexibility index (Phi) is 3.76. The molecule has 5 nitrogen and oxygen atoms in total. The molecule has 1 aromatic carbocycles. The molecular formula is C13H14ClN3O2. The van der Waals surface area contributed by atoms with E-state index in [9.17, 15) is 4.79 Å². The van der Waals surface area contributed by atoms with Gasteiger partial charge in [-0.3, -0.25) is 0 Å². The van der Waals surface area contributed by atoms with Gasteiger partial charge in [0.05, 0.1) is 28.6 Å². The number of nitrogens with zero attached hydrogens (tertiary/aromatic N) is 2. The average Bonchev–Trinajstić information content (AvgIpc) is 2.74. The van der Waals surface area contributed by atoms with Gasteiger partial charge in [-0.1, -0.05) is 11.6 Å². The molecular weight excluding hydrogens is 266 g/mol. The Hall–Kier alpha value is -2.01. The third kappa shape index (κ3) is 2.71.